The van der Waals surface area contributed by atoms with Crippen molar-refractivity contribution in [3.63, 3.8) is 0 Å². The highest BCUT2D eigenvalue weighted by molar-refractivity contribution is 5.65. The van der Waals surface area contributed by atoms with Crippen LogP contribution in [0.3, 0.4) is 0 Å². The molecule has 0 saturated carbocycles. The van der Waals surface area contributed by atoms with Crippen LogP contribution in [0, 0.1) is 0 Å². The predicted molar refractivity (Wildman–Crippen MR) is 73.7 cm³/mol. The molecule has 3 nitrogen and oxygen atoms in total. The Labute approximate surface area is 108 Å². The molecule has 1 aromatic heterocycles. The van der Waals surface area contributed by atoms with Gasteiger partial charge in [0.15, 0.2) is 0 Å². The average molecular weight is 244 g/mol. The number of nitrogens with zero attached hydrogens (tertiary/aromatic N) is 2. The number of aromatic hydroxyl groups is 1. The molecular weight excluding hydrogens is 224 g/mol. The summed E-state index contributed by atoms with van der Waals surface area (Å²) in [5, 5.41) is 14.9. The zero-order valence-corrected chi connectivity index (χ0v) is 11.4. The third-order valence-corrected chi connectivity index (χ3v) is 2.99. The maximum atomic E-state index is 10.3. The lowest BCUT2D eigenvalue weighted by atomic mass is 10.1. The molecule has 0 unspecified atom stereocenters. The summed E-state index contributed by atoms with van der Waals surface area (Å²) in [6.45, 7) is 8.14. The van der Waals surface area contributed by atoms with E-state index in [-0.39, 0.29) is 11.4 Å². The third kappa shape index (κ3) is 2.13. The topological polar surface area (TPSA) is 38.0 Å². The minimum atomic E-state index is -0.221. The van der Waals surface area contributed by atoms with Crippen molar-refractivity contribution in [1.29, 1.82) is 0 Å². The molecule has 2 aromatic rings. The van der Waals surface area contributed by atoms with Crippen LogP contribution in [-0.2, 0) is 12.0 Å². The Bertz CT molecular complexity index is 536. The maximum absolute atomic E-state index is 10.3. The molecular formula is C15H20N2O. The highest BCUT2D eigenvalue weighted by Crippen LogP contribution is 2.33. The van der Waals surface area contributed by atoms with Gasteiger partial charge in [0.2, 0.25) is 5.88 Å². The van der Waals surface area contributed by atoms with Crippen LogP contribution in [-0.4, -0.2) is 14.9 Å². The van der Waals surface area contributed by atoms with Gasteiger partial charge in [-0.1, -0.05) is 37.3 Å². The lowest BCUT2D eigenvalue weighted by Crippen LogP contribution is -2.22. The van der Waals surface area contributed by atoms with Crippen molar-refractivity contribution < 1.29 is 5.11 Å². The standard InChI is InChI=1S/C15H20N2O/c1-5-12-13(11-9-7-6-8-10-11)16-17(14(12)18)15(2,3)4/h6-10,18H,5H2,1-4H3. The molecule has 0 saturated heterocycles. The molecule has 0 aliphatic rings. The zero-order chi connectivity index (χ0) is 13.3. The summed E-state index contributed by atoms with van der Waals surface area (Å²) in [4.78, 5) is 0. The van der Waals surface area contributed by atoms with Gasteiger partial charge in [-0.15, -0.1) is 0 Å². The van der Waals surface area contributed by atoms with E-state index in [9.17, 15) is 5.11 Å². The van der Waals surface area contributed by atoms with Crippen molar-refractivity contribution in [2.75, 3.05) is 0 Å². The van der Waals surface area contributed by atoms with E-state index in [2.05, 4.69) is 5.10 Å². The molecule has 0 amide bonds. The maximum Gasteiger partial charge on any atom is 0.213 e. The molecule has 3 heteroatoms. The number of hydrogen-bond donors (Lipinski definition) is 1. The summed E-state index contributed by atoms with van der Waals surface area (Å²) in [7, 11) is 0. The Hall–Kier alpha value is -1.77. The van der Waals surface area contributed by atoms with Crippen LogP contribution in [0.4, 0.5) is 0 Å². The van der Waals surface area contributed by atoms with Gasteiger partial charge in [-0.25, -0.2) is 4.68 Å². The number of aromatic nitrogens is 2. The molecule has 0 atom stereocenters. The molecule has 0 aliphatic heterocycles. The Morgan fingerprint density at radius 3 is 2.28 bits per heavy atom. The van der Waals surface area contributed by atoms with Crippen molar-refractivity contribution in [3.05, 3.63) is 35.9 Å². The van der Waals surface area contributed by atoms with E-state index in [0.29, 0.717) is 0 Å². The Morgan fingerprint density at radius 1 is 1.17 bits per heavy atom. The van der Waals surface area contributed by atoms with Crippen LogP contribution in [0.1, 0.15) is 33.3 Å². The fourth-order valence-electron chi connectivity index (χ4n) is 2.06. The SMILES string of the molecule is CCc1c(-c2ccccc2)nn(C(C)(C)C)c1O. The van der Waals surface area contributed by atoms with Gasteiger partial charge in [-0.05, 0) is 27.2 Å². The first kappa shape index (κ1) is 12.7. The first-order valence-corrected chi connectivity index (χ1v) is 6.32. The summed E-state index contributed by atoms with van der Waals surface area (Å²) in [6.07, 6.45) is 0.770. The molecule has 1 heterocycles. The van der Waals surface area contributed by atoms with Gasteiger partial charge in [-0.3, -0.25) is 0 Å². The first-order chi connectivity index (χ1) is 8.45. The lowest BCUT2D eigenvalue weighted by Gasteiger charge is -2.20. The molecule has 0 fully saturated rings. The van der Waals surface area contributed by atoms with Crippen molar-refractivity contribution >= 4 is 0 Å². The van der Waals surface area contributed by atoms with Crippen molar-refractivity contribution in [2.45, 2.75) is 39.7 Å². The largest absolute Gasteiger partial charge is 0.493 e. The number of benzene rings is 1. The van der Waals surface area contributed by atoms with Crippen LogP contribution in [0.5, 0.6) is 5.88 Å². The molecule has 18 heavy (non-hydrogen) atoms. The van der Waals surface area contributed by atoms with Crippen LogP contribution in [0.15, 0.2) is 30.3 Å². The second kappa shape index (κ2) is 4.48. The van der Waals surface area contributed by atoms with Gasteiger partial charge in [0.1, 0.15) is 0 Å². The minimum Gasteiger partial charge on any atom is -0.493 e. The van der Waals surface area contributed by atoms with Crippen molar-refractivity contribution in [3.8, 4) is 17.1 Å². The van der Waals surface area contributed by atoms with Gasteiger partial charge in [0.25, 0.3) is 0 Å². The smallest absolute Gasteiger partial charge is 0.213 e. The van der Waals surface area contributed by atoms with E-state index < -0.39 is 0 Å². The van der Waals surface area contributed by atoms with Gasteiger partial charge in [0.05, 0.1) is 11.2 Å². The Balaban J connectivity index is 2.62. The second-order valence-electron chi connectivity index (χ2n) is 5.45. The molecule has 0 radical (unpaired) electrons. The van der Waals surface area contributed by atoms with E-state index in [0.717, 1.165) is 23.2 Å². The average Bonchev–Trinajstić information content (AvgIpc) is 2.67. The summed E-state index contributed by atoms with van der Waals surface area (Å²) in [6, 6.07) is 10.0. The lowest BCUT2D eigenvalue weighted by molar-refractivity contribution is 0.293. The molecule has 1 N–H and O–H groups in total. The molecule has 0 bridgehead atoms. The first-order valence-electron chi connectivity index (χ1n) is 6.32. The quantitative estimate of drug-likeness (QED) is 0.877. The van der Waals surface area contributed by atoms with Crippen LogP contribution in [0.2, 0.25) is 0 Å². The molecule has 2 rings (SSSR count). The van der Waals surface area contributed by atoms with Gasteiger partial charge < -0.3 is 5.11 Å². The van der Waals surface area contributed by atoms with Crippen LogP contribution in [0.25, 0.3) is 11.3 Å². The molecule has 96 valence electrons. The van der Waals surface area contributed by atoms with E-state index in [4.69, 9.17) is 0 Å². The Morgan fingerprint density at radius 2 is 1.78 bits per heavy atom. The second-order valence-corrected chi connectivity index (χ2v) is 5.45. The number of hydrogen-bond acceptors (Lipinski definition) is 2. The van der Waals surface area contributed by atoms with E-state index >= 15 is 0 Å². The Kier molecular flexibility index (Phi) is 3.16. The van der Waals surface area contributed by atoms with Crippen molar-refractivity contribution in [1.82, 2.24) is 9.78 Å². The number of rotatable bonds is 2. The fourth-order valence-corrected chi connectivity index (χ4v) is 2.06. The van der Waals surface area contributed by atoms with E-state index in [1.54, 1.807) is 4.68 Å². The molecule has 0 aliphatic carbocycles. The van der Waals surface area contributed by atoms with E-state index in [1.807, 2.05) is 58.0 Å². The molecule has 1 aromatic carbocycles. The summed E-state index contributed by atoms with van der Waals surface area (Å²) in [5.74, 6) is 0.281. The molecule has 0 spiro atoms. The van der Waals surface area contributed by atoms with Crippen LogP contribution < -0.4 is 0 Å². The van der Waals surface area contributed by atoms with Crippen LogP contribution >= 0.6 is 0 Å². The summed E-state index contributed by atoms with van der Waals surface area (Å²) in [5.41, 5.74) is 2.62. The monoisotopic (exact) mass is 244 g/mol. The third-order valence-electron chi connectivity index (χ3n) is 2.99. The predicted octanol–water partition coefficient (Wildman–Crippen LogP) is 3.57. The summed E-state index contributed by atoms with van der Waals surface area (Å²) >= 11 is 0. The normalized spacial score (nSPS) is 11.8. The zero-order valence-electron chi connectivity index (χ0n) is 11.4. The minimum absolute atomic E-state index is 0.221. The van der Waals surface area contributed by atoms with Gasteiger partial charge >= 0.3 is 0 Å². The van der Waals surface area contributed by atoms with Gasteiger partial charge in [0, 0.05) is 11.1 Å². The summed E-state index contributed by atoms with van der Waals surface area (Å²) < 4.78 is 1.70. The van der Waals surface area contributed by atoms with Crippen molar-refractivity contribution in [2.24, 2.45) is 0 Å². The fraction of sp³-hybridized carbons (Fsp3) is 0.400. The van der Waals surface area contributed by atoms with Gasteiger partial charge in [-0.2, -0.15) is 5.10 Å². The highest BCUT2D eigenvalue weighted by Gasteiger charge is 2.24. The highest BCUT2D eigenvalue weighted by atomic mass is 16.3. The van der Waals surface area contributed by atoms with E-state index in [1.165, 1.54) is 0 Å².